The average Bonchev–Trinajstić information content (AvgIpc) is 3.05. The fourth-order valence-electron chi connectivity index (χ4n) is 6.19. The van der Waals surface area contributed by atoms with E-state index < -0.39 is 10.6 Å². The molecule has 1 unspecified atom stereocenters. The molecule has 0 aliphatic carbocycles. The zero-order valence-electron chi connectivity index (χ0n) is 26.2. The van der Waals surface area contributed by atoms with Crippen LogP contribution in [0.25, 0.3) is 0 Å². The molecule has 0 fully saturated rings. The van der Waals surface area contributed by atoms with Crippen LogP contribution in [0.4, 0.5) is 5.69 Å². The van der Waals surface area contributed by atoms with Crippen LogP contribution in [0.1, 0.15) is 90.3 Å². The van der Waals surface area contributed by atoms with E-state index in [1.54, 1.807) is 0 Å². The van der Waals surface area contributed by atoms with Crippen molar-refractivity contribution < 1.29 is 18.3 Å². The van der Waals surface area contributed by atoms with Gasteiger partial charge in [-0.1, -0.05) is 51.7 Å². The second-order valence-corrected chi connectivity index (χ2v) is 14.0. The lowest BCUT2D eigenvalue weighted by Crippen LogP contribution is -2.50. The van der Waals surface area contributed by atoms with E-state index in [1.165, 1.54) is 0 Å². The van der Waals surface area contributed by atoms with Crippen molar-refractivity contribution in [1.82, 2.24) is 5.32 Å². The van der Waals surface area contributed by atoms with Crippen molar-refractivity contribution in [2.24, 2.45) is 0 Å². The molecule has 0 bridgehead atoms. The largest absolute Gasteiger partial charge is 0.488 e. The molecule has 0 saturated heterocycles. The first kappa shape index (κ1) is 32.7. The molecule has 1 heterocycles. The van der Waals surface area contributed by atoms with Crippen LogP contribution in [0.3, 0.4) is 0 Å². The lowest BCUT2D eigenvalue weighted by Gasteiger charge is -2.42. The number of hydrogen-bond donors (Lipinski definition) is 3. The van der Waals surface area contributed by atoms with Crippen molar-refractivity contribution in [3.8, 4) is 5.75 Å². The Morgan fingerprint density at radius 2 is 1.52 bits per heavy atom. The molecule has 2 aromatic rings. The Morgan fingerprint density at radius 3 is 2.05 bits per heavy atom. The van der Waals surface area contributed by atoms with E-state index in [4.69, 9.17) is 4.74 Å². The summed E-state index contributed by atoms with van der Waals surface area (Å²) in [7, 11) is 1.08. The number of likely N-dealkylation sites (N-methyl/N-ethyl adjacent to an activating group) is 1. The minimum Gasteiger partial charge on any atom is -0.488 e. The summed E-state index contributed by atoms with van der Waals surface area (Å²) in [6, 6.07) is 14.4. The molecule has 1 aliphatic rings. The second-order valence-electron chi connectivity index (χ2n) is 11.9. The fraction of sp³-hybridized carbons (Fsp3) is 0.636. The van der Waals surface area contributed by atoms with Gasteiger partial charge in [0.05, 0.1) is 36.3 Å². The van der Waals surface area contributed by atoms with E-state index in [-0.39, 0.29) is 11.6 Å². The molecule has 0 saturated carbocycles. The highest BCUT2D eigenvalue weighted by Gasteiger charge is 2.42. The van der Waals surface area contributed by atoms with Crippen LogP contribution in [-0.2, 0) is 0 Å². The predicted octanol–water partition coefficient (Wildman–Crippen LogP) is 7.93. The molecule has 6 nitrogen and oxygen atoms in total. The van der Waals surface area contributed by atoms with E-state index in [9.17, 15) is 9.11 Å². The van der Waals surface area contributed by atoms with Crippen LogP contribution >= 0.6 is 10.6 Å². The first-order chi connectivity index (χ1) is 19.1. The molecule has 1 aliphatic heterocycles. The molecule has 3 N–H and O–H groups in total. The summed E-state index contributed by atoms with van der Waals surface area (Å²) in [5.74, 6) is 1.24. The third-order valence-corrected chi connectivity index (χ3v) is 11.2. The standard InChI is InChI=1S/C33H55N3O3S/c1-8-13-21-33(22-14-9-2)26-40(37,38)31-20-17-28(35(6)7)25-30(31)32(34-33)27-15-18-29(19-16-27)39-24-23-36(10-3,11-4)12-5/h15-20,25,32,34H,8-14,21-24,26H2,1-7H3,(H-,37,38)/p+1. The third kappa shape index (κ3) is 7.74. The molecule has 3 rings (SSSR count). The van der Waals surface area contributed by atoms with E-state index >= 15 is 0 Å². The fourth-order valence-corrected chi connectivity index (χ4v) is 8.33. The van der Waals surface area contributed by atoms with Crippen LogP contribution in [0.5, 0.6) is 5.75 Å². The highest BCUT2D eigenvalue weighted by molar-refractivity contribution is 8.24. The van der Waals surface area contributed by atoms with Gasteiger partial charge >= 0.3 is 0 Å². The molecule has 2 aromatic carbocycles. The minimum absolute atomic E-state index is 0.143. The van der Waals surface area contributed by atoms with Gasteiger partial charge in [-0.25, -0.2) is 0 Å². The molecular weight excluding hydrogens is 518 g/mol. The Kier molecular flexibility index (Phi) is 11.8. The van der Waals surface area contributed by atoms with Gasteiger partial charge in [0.2, 0.25) is 0 Å². The summed E-state index contributed by atoms with van der Waals surface area (Å²) in [4.78, 5) is 2.76. The number of anilines is 1. The number of nitrogens with one attached hydrogen (secondary N) is 1. The van der Waals surface area contributed by atoms with Crippen molar-refractivity contribution >= 4 is 16.3 Å². The van der Waals surface area contributed by atoms with E-state index in [0.29, 0.717) is 17.3 Å². The van der Waals surface area contributed by atoms with Gasteiger partial charge in [0, 0.05) is 25.3 Å². The Balaban J connectivity index is 1.99. The quantitative estimate of drug-likeness (QED) is 0.189. The van der Waals surface area contributed by atoms with Crippen LogP contribution in [0.2, 0.25) is 0 Å². The Morgan fingerprint density at radius 1 is 0.925 bits per heavy atom. The molecular formula is C33H56N3O3S+. The van der Waals surface area contributed by atoms with Gasteiger partial charge in [-0.2, -0.15) is 10.6 Å². The van der Waals surface area contributed by atoms with Gasteiger partial charge in [-0.15, -0.1) is 0 Å². The first-order valence-corrected chi connectivity index (χ1v) is 17.2. The van der Waals surface area contributed by atoms with Crippen molar-refractivity contribution in [3.05, 3.63) is 53.6 Å². The van der Waals surface area contributed by atoms with E-state index in [1.807, 2.05) is 26.2 Å². The Labute approximate surface area is 246 Å². The molecule has 40 heavy (non-hydrogen) atoms. The number of fused-ring (bicyclic) bond motifs is 1. The summed E-state index contributed by atoms with van der Waals surface area (Å²) in [6.45, 7) is 16.3. The number of rotatable bonds is 15. The lowest BCUT2D eigenvalue weighted by atomic mass is 9.86. The smallest absolute Gasteiger partial charge is 0.137 e. The maximum atomic E-state index is 11.7. The van der Waals surface area contributed by atoms with Crippen LogP contribution in [0, 0.1) is 0 Å². The van der Waals surface area contributed by atoms with E-state index in [0.717, 1.165) is 91.8 Å². The molecule has 0 amide bonds. The SMILES string of the molecule is CCCCC1(CCCC)CS(O)(O)c2ccc(N(C)C)cc2C(c2ccc(OCC[N+](CC)(CC)CC)cc2)N1. The van der Waals surface area contributed by atoms with Gasteiger partial charge in [0.25, 0.3) is 0 Å². The first-order valence-electron chi connectivity index (χ1n) is 15.5. The number of hydrogen-bond acceptors (Lipinski definition) is 5. The summed E-state index contributed by atoms with van der Waals surface area (Å²) >= 11 is 0. The lowest BCUT2D eigenvalue weighted by molar-refractivity contribution is -0.923. The summed E-state index contributed by atoms with van der Waals surface area (Å²) in [5.41, 5.74) is 2.80. The van der Waals surface area contributed by atoms with Gasteiger partial charge in [-0.3, -0.25) is 14.4 Å². The third-order valence-electron chi connectivity index (χ3n) is 9.18. The van der Waals surface area contributed by atoms with Crippen molar-refractivity contribution in [1.29, 1.82) is 0 Å². The summed E-state index contributed by atoms with van der Waals surface area (Å²) in [6.07, 6.45) is 6.13. The molecule has 1 atom stereocenters. The number of benzene rings is 2. The molecule has 7 heteroatoms. The maximum Gasteiger partial charge on any atom is 0.137 e. The Hall–Kier alpha value is -1.77. The van der Waals surface area contributed by atoms with Crippen LogP contribution in [0.15, 0.2) is 47.4 Å². The van der Waals surface area contributed by atoms with Crippen molar-refractivity contribution in [2.75, 3.05) is 57.5 Å². The van der Waals surface area contributed by atoms with Crippen LogP contribution in [-0.4, -0.2) is 71.8 Å². The highest BCUT2D eigenvalue weighted by Crippen LogP contribution is 2.57. The summed E-state index contributed by atoms with van der Waals surface area (Å²) in [5, 5.41) is 4.04. The van der Waals surface area contributed by atoms with Gasteiger partial charge < -0.3 is 14.1 Å². The number of unbranched alkanes of at least 4 members (excludes halogenated alkanes) is 2. The van der Waals surface area contributed by atoms with Crippen molar-refractivity contribution in [2.45, 2.75) is 89.6 Å². The normalized spacial score (nSPS) is 19.0. The van der Waals surface area contributed by atoms with E-state index in [2.05, 4.69) is 75.2 Å². The zero-order chi connectivity index (χ0) is 29.4. The van der Waals surface area contributed by atoms with Gasteiger partial charge in [0.1, 0.15) is 18.9 Å². The molecule has 0 radical (unpaired) electrons. The second kappa shape index (κ2) is 14.4. The molecule has 226 valence electrons. The van der Waals surface area contributed by atoms with Gasteiger partial charge in [0.15, 0.2) is 0 Å². The predicted molar refractivity (Wildman–Crippen MR) is 172 cm³/mol. The topological polar surface area (TPSA) is 65.0 Å². The van der Waals surface area contributed by atoms with Crippen molar-refractivity contribution in [3.63, 3.8) is 0 Å². The minimum atomic E-state index is -2.98. The molecule has 0 aromatic heterocycles. The monoisotopic (exact) mass is 574 g/mol. The summed E-state index contributed by atoms with van der Waals surface area (Å²) < 4.78 is 30.6. The average molecular weight is 575 g/mol. The number of quaternary nitrogens is 1. The number of nitrogens with zero attached hydrogens (tertiary/aromatic N) is 2. The highest BCUT2D eigenvalue weighted by atomic mass is 32.3. The maximum absolute atomic E-state index is 11.7. The van der Waals surface area contributed by atoms with Gasteiger partial charge in [-0.05, 0) is 75.1 Å². The van der Waals surface area contributed by atoms with Crippen LogP contribution < -0.4 is 15.0 Å². The zero-order valence-corrected chi connectivity index (χ0v) is 27.0. The molecule has 0 spiro atoms. The number of ether oxygens (including phenoxy) is 1. The Bertz CT molecular complexity index is 1040.